The zero-order chi connectivity index (χ0) is 13.9. The first-order chi connectivity index (χ1) is 9.26. The van der Waals surface area contributed by atoms with Crippen molar-refractivity contribution in [3.63, 3.8) is 0 Å². The summed E-state index contributed by atoms with van der Waals surface area (Å²) in [5, 5.41) is 3.51. The third kappa shape index (κ3) is 7.48. The van der Waals surface area contributed by atoms with Crippen LogP contribution in [0.5, 0.6) is 5.75 Å². The molecule has 108 valence electrons. The zero-order valence-electron chi connectivity index (χ0n) is 12.4. The van der Waals surface area contributed by atoms with E-state index in [2.05, 4.69) is 37.6 Å². The van der Waals surface area contributed by atoms with Gasteiger partial charge in [0.25, 0.3) is 0 Å². The maximum absolute atomic E-state index is 5.71. The Balaban J connectivity index is 2.09. The van der Waals surface area contributed by atoms with E-state index >= 15 is 0 Å². The van der Waals surface area contributed by atoms with Gasteiger partial charge in [-0.2, -0.15) is 0 Å². The van der Waals surface area contributed by atoms with Crippen molar-refractivity contribution in [2.45, 2.75) is 50.5 Å². The molecule has 3 heteroatoms. The molecule has 0 aliphatic rings. The third-order valence-electron chi connectivity index (χ3n) is 3.16. The summed E-state index contributed by atoms with van der Waals surface area (Å²) >= 11 is 1.75. The minimum atomic E-state index is 0.592. The largest absolute Gasteiger partial charge is 0.492 e. The minimum Gasteiger partial charge on any atom is -0.492 e. The molecule has 0 saturated heterocycles. The van der Waals surface area contributed by atoms with Crippen molar-refractivity contribution < 1.29 is 4.74 Å². The lowest BCUT2D eigenvalue weighted by Gasteiger charge is -2.14. The molecule has 0 fully saturated rings. The molecule has 0 aliphatic heterocycles. The number of hydrogen-bond donors (Lipinski definition) is 1. The average Bonchev–Trinajstić information content (AvgIpc) is 2.44. The van der Waals surface area contributed by atoms with Crippen LogP contribution in [0.15, 0.2) is 29.2 Å². The summed E-state index contributed by atoms with van der Waals surface area (Å²) in [5.74, 6) is 0.957. The molecule has 0 aromatic heterocycles. The number of ether oxygens (including phenoxy) is 1. The standard InChI is InChI=1S/C16H27NOS/c1-4-5-6-7-14(2)17-12-13-18-15-8-10-16(19-3)11-9-15/h8-11,14,17H,4-7,12-13H2,1-3H3. The SMILES string of the molecule is CCCCCC(C)NCCOc1ccc(SC)cc1. The van der Waals surface area contributed by atoms with E-state index in [1.54, 1.807) is 11.8 Å². The lowest BCUT2D eigenvalue weighted by atomic mass is 10.1. The van der Waals surface area contributed by atoms with Crippen LogP contribution in [0.25, 0.3) is 0 Å². The summed E-state index contributed by atoms with van der Waals surface area (Å²) in [6, 6.07) is 8.86. The molecule has 1 atom stereocenters. The highest BCUT2D eigenvalue weighted by Crippen LogP contribution is 2.18. The van der Waals surface area contributed by atoms with Gasteiger partial charge in [-0.3, -0.25) is 0 Å². The molecule has 1 aromatic carbocycles. The Morgan fingerprint density at radius 1 is 1.21 bits per heavy atom. The first-order valence-corrected chi connectivity index (χ1v) is 8.49. The Bertz CT molecular complexity index is 326. The molecule has 0 saturated carbocycles. The van der Waals surface area contributed by atoms with Crippen molar-refractivity contribution in [2.24, 2.45) is 0 Å². The van der Waals surface area contributed by atoms with E-state index in [9.17, 15) is 0 Å². The van der Waals surface area contributed by atoms with Gasteiger partial charge in [-0.15, -0.1) is 11.8 Å². The van der Waals surface area contributed by atoms with Crippen molar-refractivity contribution >= 4 is 11.8 Å². The van der Waals surface area contributed by atoms with Gasteiger partial charge in [0.2, 0.25) is 0 Å². The molecule has 0 bridgehead atoms. The molecule has 0 heterocycles. The summed E-state index contributed by atoms with van der Waals surface area (Å²) in [4.78, 5) is 1.27. The molecule has 19 heavy (non-hydrogen) atoms. The Kier molecular flexibility index (Phi) is 8.76. The second-order valence-corrected chi connectivity index (χ2v) is 5.75. The van der Waals surface area contributed by atoms with Gasteiger partial charge < -0.3 is 10.1 Å². The predicted octanol–water partition coefficient (Wildman–Crippen LogP) is 4.35. The second-order valence-electron chi connectivity index (χ2n) is 4.87. The van der Waals surface area contributed by atoms with Crippen LogP contribution < -0.4 is 10.1 Å². The van der Waals surface area contributed by atoms with Crippen molar-refractivity contribution in [1.82, 2.24) is 5.32 Å². The number of rotatable bonds is 10. The molecule has 0 amide bonds. The fourth-order valence-electron chi connectivity index (χ4n) is 1.95. The third-order valence-corrected chi connectivity index (χ3v) is 3.91. The molecular formula is C16H27NOS. The molecule has 0 aliphatic carbocycles. The van der Waals surface area contributed by atoms with Crippen LogP contribution in [0.4, 0.5) is 0 Å². The van der Waals surface area contributed by atoms with Gasteiger partial charge in [-0.1, -0.05) is 26.2 Å². The summed E-state index contributed by atoms with van der Waals surface area (Å²) in [5.41, 5.74) is 0. The van der Waals surface area contributed by atoms with Gasteiger partial charge in [0, 0.05) is 17.5 Å². The number of unbranched alkanes of at least 4 members (excludes halogenated alkanes) is 2. The van der Waals surface area contributed by atoms with Crippen LogP contribution in [0, 0.1) is 0 Å². The number of thioether (sulfide) groups is 1. The second kappa shape index (κ2) is 10.2. The van der Waals surface area contributed by atoms with Gasteiger partial charge in [-0.25, -0.2) is 0 Å². The summed E-state index contributed by atoms with van der Waals surface area (Å²) in [7, 11) is 0. The maximum atomic E-state index is 5.71. The number of benzene rings is 1. The van der Waals surface area contributed by atoms with E-state index in [1.165, 1.54) is 30.6 Å². The van der Waals surface area contributed by atoms with E-state index < -0.39 is 0 Å². The Labute approximate surface area is 122 Å². The number of hydrogen-bond acceptors (Lipinski definition) is 3. The smallest absolute Gasteiger partial charge is 0.119 e. The first kappa shape index (κ1) is 16.4. The topological polar surface area (TPSA) is 21.3 Å². The normalized spacial score (nSPS) is 12.4. The molecule has 2 nitrogen and oxygen atoms in total. The zero-order valence-corrected chi connectivity index (χ0v) is 13.3. The molecule has 1 unspecified atom stereocenters. The first-order valence-electron chi connectivity index (χ1n) is 7.26. The predicted molar refractivity (Wildman–Crippen MR) is 85.3 cm³/mol. The lowest BCUT2D eigenvalue weighted by Crippen LogP contribution is -2.30. The van der Waals surface area contributed by atoms with Gasteiger partial charge in [0.05, 0.1) is 0 Å². The molecule has 1 N–H and O–H groups in total. The highest BCUT2D eigenvalue weighted by Gasteiger charge is 2.00. The fraction of sp³-hybridized carbons (Fsp3) is 0.625. The van der Waals surface area contributed by atoms with E-state index in [0.29, 0.717) is 6.04 Å². The number of nitrogens with one attached hydrogen (secondary N) is 1. The van der Waals surface area contributed by atoms with E-state index in [4.69, 9.17) is 4.74 Å². The van der Waals surface area contributed by atoms with Crippen LogP contribution in [0.3, 0.4) is 0 Å². The van der Waals surface area contributed by atoms with Crippen molar-refractivity contribution in [1.29, 1.82) is 0 Å². The summed E-state index contributed by atoms with van der Waals surface area (Å²) < 4.78 is 5.71. The highest BCUT2D eigenvalue weighted by atomic mass is 32.2. The van der Waals surface area contributed by atoms with E-state index in [1.807, 2.05) is 12.1 Å². The Morgan fingerprint density at radius 2 is 1.95 bits per heavy atom. The monoisotopic (exact) mass is 281 g/mol. The van der Waals surface area contributed by atoms with Crippen LogP contribution in [0.1, 0.15) is 39.5 Å². The minimum absolute atomic E-state index is 0.592. The maximum Gasteiger partial charge on any atom is 0.119 e. The summed E-state index contributed by atoms with van der Waals surface area (Å²) in [6.07, 6.45) is 7.30. The summed E-state index contributed by atoms with van der Waals surface area (Å²) in [6.45, 7) is 6.14. The van der Waals surface area contributed by atoms with E-state index in [-0.39, 0.29) is 0 Å². The van der Waals surface area contributed by atoms with Crippen LogP contribution in [-0.4, -0.2) is 25.4 Å². The molecule has 0 spiro atoms. The Morgan fingerprint density at radius 3 is 2.58 bits per heavy atom. The molecule has 0 radical (unpaired) electrons. The van der Waals surface area contributed by atoms with Crippen molar-refractivity contribution in [2.75, 3.05) is 19.4 Å². The van der Waals surface area contributed by atoms with Gasteiger partial charge in [0.15, 0.2) is 0 Å². The van der Waals surface area contributed by atoms with Crippen molar-refractivity contribution in [3.05, 3.63) is 24.3 Å². The molecular weight excluding hydrogens is 254 g/mol. The highest BCUT2D eigenvalue weighted by molar-refractivity contribution is 7.98. The quantitative estimate of drug-likeness (QED) is 0.509. The van der Waals surface area contributed by atoms with Crippen LogP contribution >= 0.6 is 11.8 Å². The fourth-order valence-corrected chi connectivity index (χ4v) is 2.36. The van der Waals surface area contributed by atoms with Crippen LogP contribution in [-0.2, 0) is 0 Å². The molecule has 1 rings (SSSR count). The van der Waals surface area contributed by atoms with E-state index in [0.717, 1.165) is 18.9 Å². The molecule has 1 aromatic rings. The average molecular weight is 281 g/mol. The van der Waals surface area contributed by atoms with Gasteiger partial charge >= 0.3 is 0 Å². The Hall–Kier alpha value is -0.670. The lowest BCUT2D eigenvalue weighted by molar-refractivity contribution is 0.304. The van der Waals surface area contributed by atoms with Crippen LogP contribution in [0.2, 0.25) is 0 Å². The van der Waals surface area contributed by atoms with Gasteiger partial charge in [0.1, 0.15) is 12.4 Å². The van der Waals surface area contributed by atoms with Gasteiger partial charge in [-0.05, 0) is 43.9 Å². The van der Waals surface area contributed by atoms with Crippen molar-refractivity contribution in [3.8, 4) is 5.75 Å².